The predicted octanol–water partition coefficient (Wildman–Crippen LogP) is 4.29. The second-order valence-corrected chi connectivity index (χ2v) is 8.08. The second-order valence-electron chi connectivity index (χ2n) is 8.08. The van der Waals surface area contributed by atoms with Crippen LogP contribution in [0, 0.1) is 5.41 Å². The fourth-order valence-corrected chi connectivity index (χ4v) is 2.86. The zero-order valence-corrected chi connectivity index (χ0v) is 18.5. The quantitative estimate of drug-likeness (QED) is 0.564. The molecule has 0 fully saturated rings. The number of esters is 1. The summed E-state index contributed by atoms with van der Waals surface area (Å²) in [4.78, 5) is 38.1. The third-order valence-corrected chi connectivity index (χ3v) is 4.60. The Bertz CT molecular complexity index is 1130. The molecule has 0 aliphatic heterocycles. The second kappa shape index (κ2) is 9.47. The van der Waals surface area contributed by atoms with E-state index in [1.54, 1.807) is 52.0 Å². The zero-order chi connectivity index (χ0) is 23.3. The van der Waals surface area contributed by atoms with Gasteiger partial charge in [0.15, 0.2) is 0 Å². The topological polar surface area (TPSA) is 102 Å². The van der Waals surface area contributed by atoms with E-state index >= 15 is 0 Å². The molecule has 0 saturated carbocycles. The van der Waals surface area contributed by atoms with Crippen LogP contribution in [0.3, 0.4) is 0 Å². The molecule has 8 nitrogen and oxygen atoms in total. The first-order valence-electron chi connectivity index (χ1n) is 10.2. The van der Waals surface area contributed by atoms with Crippen molar-refractivity contribution in [3.8, 4) is 5.69 Å². The van der Waals surface area contributed by atoms with Crippen molar-refractivity contribution in [2.45, 2.75) is 27.7 Å². The molecule has 32 heavy (non-hydrogen) atoms. The van der Waals surface area contributed by atoms with Crippen LogP contribution < -0.4 is 10.6 Å². The Hall–Kier alpha value is -3.94. The molecule has 8 heteroatoms. The van der Waals surface area contributed by atoms with Gasteiger partial charge in [-0.05, 0) is 31.2 Å². The first kappa shape index (κ1) is 22.7. The maximum Gasteiger partial charge on any atom is 0.340 e. The van der Waals surface area contributed by atoms with Crippen LogP contribution in [0.5, 0.6) is 0 Å². The molecule has 0 radical (unpaired) electrons. The molecule has 0 aliphatic rings. The van der Waals surface area contributed by atoms with Gasteiger partial charge in [-0.1, -0.05) is 51.1 Å². The number of amides is 2. The van der Waals surface area contributed by atoms with E-state index in [4.69, 9.17) is 4.74 Å². The number of rotatable bonds is 6. The first-order valence-corrected chi connectivity index (χ1v) is 10.2. The predicted molar refractivity (Wildman–Crippen MR) is 122 cm³/mol. The van der Waals surface area contributed by atoms with E-state index in [-0.39, 0.29) is 29.5 Å². The van der Waals surface area contributed by atoms with Crippen LogP contribution in [0.2, 0.25) is 0 Å². The van der Waals surface area contributed by atoms with E-state index in [2.05, 4.69) is 15.7 Å². The van der Waals surface area contributed by atoms with Crippen LogP contribution in [0.1, 0.15) is 48.4 Å². The Morgan fingerprint density at radius 1 is 0.938 bits per heavy atom. The molecule has 2 aromatic carbocycles. The lowest BCUT2D eigenvalue weighted by Crippen LogP contribution is -2.30. The SMILES string of the molecule is CCOC(=O)c1ccccc1NC(=O)c1cnn(-c2ccccc2)c1NC(=O)C(C)(C)C. The summed E-state index contributed by atoms with van der Waals surface area (Å²) in [7, 11) is 0. The van der Waals surface area contributed by atoms with E-state index in [1.165, 1.54) is 10.9 Å². The minimum atomic E-state index is -0.684. The molecule has 3 rings (SSSR count). The van der Waals surface area contributed by atoms with Gasteiger partial charge in [-0.3, -0.25) is 9.59 Å². The molecule has 2 amide bonds. The molecule has 0 saturated heterocycles. The Labute approximate surface area is 186 Å². The molecule has 2 N–H and O–H groups in total. The number of aromatic nitrogens is 2. The smallest absolute Gasteiger partial charge is 0.340 e. The van der Waals surface area contributed by atoms with Crippen molar-refractivity contribution < 1.29 is 19.1 Å². The summed E-state index contributed by atoms with van der Waals surface area (Å²) in [6.07, 6.45) is 1.38. The van der Waals surface area contributed by atoms with Gasteiger partial charge in [0.1, 0.15) is 11.4 Å². The lowest BCUT2D eigenvalue weighted by molar-refractivity contribution is -0.123. The normalized spacial score (nSPS) is 11.0. The van der Waals surface area contributed by atoms with Gasteiger partial charge in [0, 0.05) is 5.41 Å². The number of carbonyl (C=O) groups excluding carboxylic acids is 3. The maximum atomic E-state index is 13.2. The van der Waals surface area contributed by atoms with Crippen molar-refractivity contribution in [1.29, 1.82) is 0 Å². The highest BCUT2D eigenvalue weighted by Crippen LogP contribution is 2.25. The highest BCUT2D eigenvalue weighted by atomic mass is 16.5. The number of nitrogens with one attached hydrogen (secondary N) is 2. The van der Waals surface area contributed by atoms with Crippen LogP contribution in [-0.4, -0.2) is 34.2 Å². The summed E-state index contributed by atoms with van der Waals surface area (Å²) in [6.45, 7) is 7.26. The summed E-state index contributed by atoms with van der Waals surface area (Å²) in [5, 5.41) is 9.89. The average Bonchev–Trinajstić information content (AvgIpc) is 3.18. The number of hydrogen-bond donors (Lipinski definition) is 2. The Balaban J connectivity index is 1.99. The molecular weight excluding hydrogens is 408 g/mol. The Morgan fingerprint density at radius 2 is 1.59 bits per heavy atom. The lowest BCUT2D eigenvalue weighted by Gasteiger charge is -2.19. The first-order chi connectivity index (χ1) is 15.2. The number of ether oxygens (including phenoxy) is 1. The van der Waals surface area contributed by atoms with Gasteiger partial charge in [-0.2, -0.15) is 5.10 Å². The standard InChI is InChI=1S/C24H26N4O4/c1-5-32-22(30)17-13-9-10-14-19(17)26-21(29)18-15-25-28(16-11-7-6-8-12-16)20(18)27-23(31)24(2,3)4/h6-15H,5H2,1-4H3,(H,26,29)(H,27,31). The van der Waals surface area contributed by atoms with E-state index in [0.717, 1.165) is 0 Å². The molecule has 0 atom stereocenters. The monoisotopic (exact) mass is 434 g/mol. The minimum absolute atomic E-state index is 0.158. The molecule has 0 bridgehead atoms. The van der Waals surface area contributed by atoms with E-state index in [0.29, 0.717) is 11.4 Å². The summed E-state index contributed by atoms with van der Waals surface area (Å²) in [5.41, 5.74) is 0.693. The van der Waals surface area contributed by atoms with Crippen molar-refractivity contribution in [3.63, 3.8) is 0 Å². The van der Waals surface area contributed by atoms with Gasteiger partial charge < -0.3 is 15.4 Å². The fraction of sp³-hybridized carbons (Fsp3) is 0.250. The third-order valence-electron chi connectivity index (χ3n) is 4.60. The van der Waals surface area contributed by atoms with Gasteiger partial charge in [-0.15, -0.1) is 0 Å². The molecule has 0 unspecified atom stereocenters. The van der Waals surface area contributed by atoms with Gasteiger partial charge in [-0.25, -0.2) is 9.48 Å². The van der Waals surface area contributed by atoms with E-state index < -0.39 is 17.3 Å². The van der Waals surface area contributed by atoms with Crippen molar-refractivity contribution in [2.24, 2.45) is 5.41 Å². The molecule has 1 aromatic heterocycles. The van der Waals surface area contributed by atoms with Crippen molar-refractivity contribution in [2.75, 3.05) is 17.2 Å². The number of hydrogen-bond acceptors (Lipinski definition) is 5. The van der Waals surface area contributed by atoms with E-state index in [9.17, 15) is 14.4 Å². The number of nitrogens with zero attached hydrogens (tertiary/aromatic N) is 2. The number of benzene rings is 2. The summed E-state index contributed by atoms with van der Waals surface area (Å²) < 4.78 is 6.56. The van der Waals surface area contributed by atoms with Crippen molar-refractivity contribution in [1.82, 2.24) is 9.78 Å². The van der Waals surface area contributed by atoms with Crippen LogP contribution in [0.4, 0.5) is 11.5 Å². The van der Waals surface area contributed by atoms with E-state index in [1.807, 2.05) is 30.3 Å². The summed E-state index contributed by atoms with van der Waals surface area (Å²) in [5.74, 6) is -1.09. The van der Waals surface area contributed by atoms with Crippen LogP contribution >= 0.6 is 0 Å². The summed E-state index contributed by atoms with van der Waals surface area (Å²) in [6, 6.07) is 15.7. The largest absolute Gasteiger partial charge is 0.462 e. The van der Waals surface area contributed by atoms with Crippen molar-refractivity contribution >= 4 is 29.3 Å². The van der Waals surface area contributed by atoms with Gasteiger partial charge >= 0.3 is 5.97 Å². The molecule has 166 valence electrons. The molecular formula is C24H26N4O4. The van der Waals surface area contributed by atoms with Crippen LogP contribution in [-0.2, 0) is 9.53 Å². The van der Waals surface area contributed by atoms with Crippen LogP contribution in [0.25, 0.3) is 5.69 Å². The van der Waals surface area contributed by atoms with Crippen LogP contribution in [0.15, 0.2) is 60.8 Å². The minimum Gasteiger partial charge on any atom is -0.462 e. The highest BCUT2D eigenvalue weighted by Gasteiger charge is 2.27. The molecule has 0 aliphatic carbocycles. The molecule has 0 spiro atoms. The number of carbonyl (C=O) groups is 3. The summed E-state index contributed by atoms with van der Waals surface area (Å²) >= 11 is 0. The lowest BCUT2D eigenvalue weighted by atomic mass is 9.95. The Morgan fingerprint density at radius 3 is 2.25 bits per heavy atom. The van der Waals surface area contributed by atoms with Crippen molar-refractivity contribution in [3.05, 3.63) is 71.9 Å². The number of anilines is 2. The zero-order valence-electron chi connectivity index (χ0n) is 18.5. The average molecular weight is 434 g/mol. The third kappa shape index (κ3) is 5.03. The fourth-order valence-electron chi connectivity index (χ4n) is 2.86. The van der Waals surface area contributed by atoms with Gasteiger partial charge in [0.2, 0.25) is 5.91 Å². The highest BCUT2D eigenvalue weighted by molar-refractivity contribution is 6.12. The maximum absolute atomic E-state index is 13.2. The molecule has 1 heterocycles. The van der Waals surface area contributed by atoms with Gasteiger partial charge in [0.05, 0.1) is 29.7 Å². The molecule has 3 aromatic rings. The Kier molecular flexibility index (Phi) is 6.73. The van der Waals surface area contributed by atoms with Gasteiger partial charge in [0.25, 0.3) is 5.91 Å². The number of para-hydroxylation sites is 2.